The third-order valence-corrected chi connectivity index (χ3v) is 3.41. The highest BCUT2D eigenvalue weighted by atomic mass is 16.5. The smallest absolute Gasteiger partial charge is 0.144 e. The van der Waals surface area contributed by atoms with Gasteiger partial charge >= 0.3 is 0 Å². The fraction of sp³-hybridized carbons (Fsp3) is 0.600. The lowest BCUT2D eigenvalue weighted by atomic mass is 10.1. The first-order chi connectivity index (χ1) is 9.13. The minimum atomic E-state index is 0.129. The maximum atomic E-state index is 6.27. The highest BCUT2D eigenvalue weighted by Crippen LogP contribution is 2.34. The average Bonchev–Trinajstić information content (AvgIpc) is 2.41. The molecule has 0 aromatic heterocycles. The van der Waals surface area contributed by atoms with Crippen LogP contribution in [-0.2, 0) is 4.74 Å². The van der Waals surface area contributed by atoms with E-state index in [0.29, 0.717) is 6.04 Å². The van der Waals surface area contributed by atoms with E-state index in [1.807, 2.05) is 26.0 Å². The molecule has 1 saturated heterocycles. The molecule has 1 atom stereocenters. The summed E-state index contributed by atoms with van der Waals surface area (Å²) in [5, 5.41) is 0. The van der Waals surface area contributed by atoms with Gasteiger partial charge in [0.15, 0.2) is 0 Å². The number of benzene rings is 1. The zero-order valence-corrected chi connectivity index (χ0v) is 12.1. The largest absolute Gasteiger partial charge is 0.489 e. The van der Waals surface area contributed by atoms with Gasteiger partial charge in [0.05, 0.1) is 36.7 Å². The zero-order chi connectivity index (χ0) is 13.8. The molecule has 0 amide bonds. The molecule has 1 aromatic rings. The number of hydrogen-bond donors (Lipinski definition) is 1. The molecule has 19 heavy (non-hydrogen) atoms. The Balaban J connectivity index is 2.28. The molecule has 2 rings (SSSR count). The molecule has 1 heterocycles. The summed E-state index contributed by atoms with van der Waals surface area (Å²) in [5.74, 6) is 0.772. The van der Waals surface area contributed by atoms with Crippen LogP contribution in [-0.4, -0.2) is 31.9 Å². The van der Waals surface area contributed by atoms with Gasteiger partial charge in [0.25, 0.3) is 0 Å². The monoisotopic (exact) mass is 264 g/mol. The summed E-state index contributed by atoms with van der Waals surface area (Å²) < 4.78 is 11.3. The molecule has 0 radical (unpaired) electrons. The third-order valence-electron chi connectivity index (χ3n) is 3.41. The molecule has 106 valence electrons. The lowest BCUT2D eigenvalue weighted by Gasteiger charge is -2.37. The van der Waals surface area contributed by atoms with Crippen LogP contribution in [0.2, 0.25) is 0 Å². The van der Waals surface area contributed by atoms with Crippen LogP contribution in [0, 0.1) is 0 Å². The Labute approximate surface area is 115 Å². The van der Waals surface area contributed by atoms with E-state index in [1.165, 1.54) is 0 Å². The number of nitrogens with two attached hydrogens (primary N) is 1. The van der Waals surface area contributed by atoms with Crippen LogP contribution >= 0.6 is 0 Å². The van der Waals surface area contributed by atoms with Gasteiger partial charge < -0.3 is 20.1 Å². The predicted molar refractivity (Wildman–Crippen MR) is 78.9 cm³/mol. The standard InChI is InChI=1S/C15H24N2O2/c1-4-12-10-18-9-8-17(12)13-6-5-7-14(15(13)16)19-11(2)3/h5-7,11-12H,4,8-10,16H2,1-3H3. The first-order valence-corrected chi connectivity index (χ1v) is 7.03. The van der Waals surface area contributed by atoms with Crippen molar-refractivity contribution in [3.63, 3.8) is 0 Å². The Hall–Kier alpha value is -1.42. The van der Waals surface area contributed by atoms with Crippen LogP contribution in [0.5, 0.6) is 5.75 Å². The summed E-state index contributed by atoms with van der Waals surface area (Å²) in [7, 11) is 0. The van der Waals surface area contributed by atoms with Gasteiger partial charge in [-0.3, -0.25) is 0 Å². The van der Waals surface area contributed by atoms with Crippen molar-refractivity contribution >= 4 is 11.4 Å². The number of rotatable bonds is 4. The average molecular weight is 264 g/mol. The normalized spacial score (nSPS) is 19.8. The van der Waals surface area contributed by atoms with Gasteiger partial charge in [0.1, 0.15) is 5.75 Å². The maximum Gasteiger partial charge on any atom is 0.144 e. The SMILES string of the molecule is CCC1COCCN1c1cccc(OC(C)C)c1N. The summed E-state index contributed by atoms with van der Waals surface area (Å²) in [6.07, 6.45) is 1.18. The number of para-hydroxylation sites is 1. The van der Waals surface area contributed by atoms with Gasteiger partial charge in [-0.1, -0.05) is 13.0 Å². The second-order valence-corrected chi connectivity index (χ2v) is 5.19. The Morgan fingerprint density at radius 2 is 2.26 bits per heavy atom. The van der Waals surface area contributed by atoms with Crippen LogP contribution in [0.3, 0.4) is 0 Å². The summed E-state index contributed by atoms with van der Waals surface area (Å²) in [5.41, 5.74) is 8.07. The molecular formula is C15H24N2O2. The van der Waals surface area contributed by atoms with Crippen molar-refractivity contribution in [2.45, 2.75) is 39.3 Å². The van der Waals surface area contributed by atoms with E-state index in [9.17, 15) is 0 Å². The summed E-state index contributed by atoms with van der Waals surface area (Å²) >= 11 is 0. The minimum Gasteiger partial charge on any atom is -0.489 e. The van der Waals surface area contributed by atoms with Crippen molar-refractivity contribution in [3.05, 3.63) is 18.2 Å². The van der Waals surface area contributed by atoms with Gasteiger partial charge in [-0.15, -0.1) is 0 Å². The van der Waals surface area contributed by atoms with Crippen molar-refractivity contribution < 1.29 is 9.47 Å². The Morgan fingerprint density at radius 3 is 2.95 bits per heavy atom. The predicted octanol–water partition coefficient (Wildman–Crippen LogP) is 2.67. The third kappa shape index (κ3) is 3.13. The van der Waals surface area contributed by atoms with Crippen molar-refractivity contribution in [1.29, 1.82) is 0 Å². The lowest BCUT2D eigenvalue weighted by molar-refractivity contribution is 0.0930. The molecule has 1 fully saturated rings. The molecule has 0 bridgehead atoms. The highest BCUT2D eigenvalue weighted by Gasteiger charge is 2.24. The van der Waals surface area contributed by atoms with Crippen LogP contribution < -0.4 is 15.4 Å². The van der Waals surface area contributed by atoms with Crippen molar-refractivity contribution in [2.75, 3.05) is 30.4 Å². The van der Waals surface area contributed by atoms with Crippen molar-refractivity contribution in [2.24, 2.45) is 0 Å². The number of nitrogen functional groups attached to an aromatic ring is 1. The van der Waals surface area contributed by atoms with E-state index in [0.717, 1.165) is 43.3 Å². The number of ether oxygens (including phenoxy) is 2. The molecule has 0 saturated carbocycles. The molecule has 1 aromatic carbocycles. The molecule has 1 aliphatic heterocycles. The fourth-order valence-corrected chi connectivity index (χ4v) is 2.45. The fourth-order valence-electron chi connectivity index (χ4n) is 2.45. The molecular weight excluding hydrogens is 240 g/mol. The molecule has 0 aliphatic carbocycles. The van der Waals surface area contributed by atoms with E-state index in [4.69, 9.17) is 15.2 Å². The first kappa shape index (κ1) is 14.0. The van der Waals surface area contributed by atoms with E-state index >= 15 is 0 Å². The van der Waals surface area contributed by atoms with Crippen molar-refractivity contribution in [1.82, 2.24) is 0 Å². The minimum absolute atomic E-state index is 0.129. The molecule has 1 aliphatic rings. The second-order valence-electron chi connectivity index (χ2n) is 5.19. The molecule has 2 N–H and O–H groups in total. The number of anilines is 2. The summed E-state index contributed by atoms with van der Waals surface area (Å²) in [6, 6.07) is 6.40. The molecule has 0 spiro atoms. The quantitative estimate of drug-likeness (QED) is 0.849. The Bertz CT molecular complexity index is 421. The van der Waals surface area contributed by atoms with E-state index in [2.05, 4.69) is 17.9 Å². The van der Waals surface area contributed by atoms with Crippen LogP contribution in [0.4, 0.5) is 11.4 Å². The highest BCUT2D eigenvalue weighted by molar-refractivity contribution is 5.74. The van der Waals surface area contributed by atoms with Gasteiger partial charge in [-0.25, -0.2) is 0 Å². The van der Waals surface area contributed by atoms with Gasteiger partial charge in [0, 0.05) is 6.54 Å². The molecule has 4 heteroatoms. The zero-order valence-electron chi connectivity index (χ0n) is 12.1. The molecule has 1 unspecified atom stereocenters. The van der Waals surface area contributed by atoms with Crippen LogP contribution in [0.1, 0.15) is 27.2 Å². The van der Waals surface area contributed by atoms with E-state index in [-0.39, 0.29) is 6.10 Å². The topological polar surface area (TPSA) is 47.7 Å². The molecule has 4 nitrogen and oxygen atoms in total. The summed E-state index contributed by atoms with van der Waals surface area (Å²) in [6.45, 7) is 8.60. The second kappa shape index (κ2) is 6.15. The Morgan fingerprint density at radius 1 is 1.47 bits per heavy atom. The van der Waals surface area contributed by atoms with E-state index in [1.54, 1.807) is 0 Å². The first-order valence-electron chi connectivity index (χ1n) is 7.03. The van der Waals surface area contributed by atoms with Gasteiger partial charge in [-0.05, 0) is 32.4 Å². The maximum absolute atomic E-state index is 6.27. The number of nitrogens with zero attached hydrogens (tertiary/aromatic N) is 1. The number of hydrogen-bond acceptors (Lipinski definition) is 4. The number of morpholine rings is 1. The van der Waals surface area contributed by atoms with E-state index < -0.39 is 0 Å². The van der Waals surface area contributed by atoms with Crippen molar-refractivity contribution in [3.8, 4) is 5.75 Å². The van der Waals surface area contributed by atoms with Crippen LogP contribution in [0.15, 0.2) is 18.2 Å². The Kier molecular flexibility index (Phi) is 4.53. The summed E-state index contributed by atoms with van der Waals surface area (Å²) in [4.78, 5) is 2.34. The van der Waals surface area contributed by atoms with Gasteiger partial charge in [0.2, 0.25) is 0 Å². The lowest BCUT2D eigenvalue weighted by Crippen LogP contribution is -2.45. The van der Waals surface area contributed by atoms with Crippen LogP contribution in [0.25, 0.3) is 0 Å². The van der Waals surface area contributed by atoms with Gasteiger partial charge in [-0.2, -0.15) is 0 Å².